The zero-order valence-electron chi connectivity index (χ0n) is 19.9. The SMILES string of the molecule is C/C=C\c1cc(C(O)(C(F)(F)F)C(F)(F)F)ccc1N1CC(C)N(C(=O)OC(C)(C)C)CC1C. The zero-order valence-corrected chi connectivity index (χ0v) is 19.9. The van der Waals surface area contributed by atoms with Crippen molar-refractivity contribution < 1.29 is 41.0 Å². The molecular weight excluding hydrogens is 466 g/mol. The molecular formula is C23H30F6N2O3. The van der Waals surface area contributed by atoms with E-state index in [0.29, 0.717) is 17.8 Å². The van der Waals surface area contributed by atoms with Crippen LogP contribution in [0.2, 0.25) is 0 Å². The highest BCUT2D eigenvalue weighted by molar-refractivity contribution is 5.72. The number of piperazine rings is 1. The van der Waals surface area contributed by atoms with Crippen molar-refractivity contribution in [2.24, 2.45) is 0 Å². The molecule has 0 saturated carbocycles. The summed E-state index contributed by atoms with van der Waals surface area (Å²) in [4.78, 5) is 15.9. The van der Waals surface area contributed by atoms with Crippen LogP contribution in [0, 0.1) is 0 Å². The van der Waals surface area contributed by atoms with Crippen LogP contribution in [-0.2, 0) is 10.3 Å². The molecule has 1 aliphatic heterocycles. The van der Waals surface area contributed by atoms with Gasteiger partial charge < -0.3 is 19.6 Å². The van der Waals surface area contributed by atoms with Crippen molar-refractivity contribution in [3.8, 4) is 0 Å². The van der Waals surface area contributed by atoms with E-state index in [9.17, 15) is 36.2 Å². The van der Waals surface area contributed by atoms with Crippen molar-refractivity contribution in [3.63, 3.8) is 0 Å². The van der Waals surface area contributed by atoms with Gasteiger partial charge in [0.2, 0.25) is 0 Å². The number of amides is 1. The van der Waals surface area contributed by atoms with Crippen LogP contribution < -0.4 is 4.90 Å². The number of carbonyl (C=O) groups excluding carboxylic acids is 1. The number of benzene rings is 1. The average Bonchev–Trinajstić information content (AvgIpc) is 2.66. The van der Waals surface area contributed by atoms with Crippen LogP contribution in [-0.4, -0.2) is 59.2 Å². The van der Waals surface area contributed by atoms with E-state index in [1.54, 1.807) is 46.4 Å². The minimum absolute atomic E-state index is 0.0803. The third-order valence-corrected chi connectivity index (χ3v) is 5.54. The second-order valence-electron chi connectivity index (χ2n) is 9.46. The largest absolute Gasteiger partial charge is 0.444 e. The van der Waals surface area contributed by atoms with Gasteiger partial charge in [-0.25, -0.2) is 4.79 Å². The molecule has 0 bridgehead atoms. The van der Waals surface area contributed by atoms with Gasteiger partial charge in [-0.05, 0) is 59.2 Å². The Balaban J connectivity index is 2.47. The van der Waals surface area contributed by atoms with Crippen LogP contribution >= 0.6 is 0 Å². The van der Waals surface area contributed by atoms with Gasteiger partial charge in [0.15, 0.2) is 0 Å². The number of ether oxygens (including phenoxy) is 1. The minimum atomic E-state index is -5.97. The number of hydrogen-bond acceptors (Lipinski definition) is 4. The van der Waals surface area contributed by atoms with Crippen molar-refractivity contribution in [3.05, 3.63) is 35.4 Å². The van der Waals surface area contributed by atoms with E-state index in [2.05, 4.69) is 0 Å². The molecule has 1 amide bonds. The first-order chi connectivity index (χ1) is 15.3. The number of hydrogen-bond donors (Lipinski definition) is 1. The molecule has 1 aliphatic rings. The fraction of sp³-hybridized carbons (Fsp3) is 0.609. The number of aliphatic hydroxyl groups is 1. The lowest BCUT2D eigenvalue weighted by Gasteiger charge is -2.46. The van der Waals surface area contributed by atoms with Crippen LogP contribution in [0.5, 0.6) is 0 Å². The zero-order chi connectivity index (χ0) is 26.3. The van der Waals surface area contributed by atoms with Crippen LogP contribution in [0.25, 0.3) is 6.08 Å². The Hall–Kier alpha value is -2.43. The normalized spacial score (nSPS) is 20.7. The topological polar surface area (TPSA) is 53.0 Å². The fourth-order valence-corrected chi connectivity index (χ4v) is 3.88. The van der Waals surface area contributed by atoms with Crippen molar-refractivity contribution >= 4 is 17.9 Å². The maximum atomic E-state index is 13.4. The number of anilines is 1. The van der Waals surface area contributed by atoms with E-state index in [4.69, 9.17) is 4.74 Å². The van der Waals surface area contributed by atoms with Crippen molar-refractivity contribution in [2.45, 2.75) is 77.2 Å². The molecule has 2 rings (SSSR count). The summed E-state index contributed by atoms with van der Waals surface area (Å²) < 4.78 is 85.6. The van der Waals surface area contributed by atoms with Crippen LogP contribution in [0.4, 0.5) is 36.8 Å². The molecule has 2 unspecified atom stereocenters. The smallest absolute Gasteiger partial charge is 0.430 e. The molecule has 11 heteroatoms. The molecule has 1 fully saturated rings. The first-order valence-electron chi connectivity index (χ1n) is 10.7. The number of alkyl halides is 6. The summed E-state index contributed by atoms with van der Waals surface area (Å²) >= 11 is 0. The Morgan fingerprint density at radius 1 is 1.03 bits per heavy atom. The highest BCUT2D eigenvalue weighted by Gasteiger charge is 2.71. The molecule has 0 aliphatic carbocycles. The van der Waals surface area contributed by atoms with Crippen molar-refractivity contribution in [2.75, 3.05) is 18.0 Å². The van der Waals surface area contributed by atoms with E-state index in [1.807, 2.05) is 4.90 Å². The molecule has 0 aromatic heterocycles. The predicted octanol–water partition coefficient (Wildman–Crippen LogP) is 5.87. The van der Waals surface area contributed by atoms with Gasteiger partial charge in [0, 0.05) is 36.4 Å². The maximum absolute atomic E-state index is 13.4. The molecule has 5 nitrogen and oxygen atoms in total. The number of nitrogens with zero attached hydrogens (tertiary/aromatic N) is 2. The Kier molecular flexibility index (Phi) is 7.62. The molecule has 1 aromatic rings. The van der Waals surface area contributed by atoms with Gasteiger partial charge in [-0.3, -0.25) is 0 Å². The van der Waals surface area contributed by atoms with Crippen LogP contribution in [0.15, 0.2) is 24.3 Å². The summed E-state index contributed by atoms with van der Waals surface area (Å²) in [5.41, 5.74) is -6.56. The van der Waals surface area contributed by atoms with E-state index in [1.165, 1.54) is 12.2 Å². The first kappa shape index (κ1) is 27.8. The molecule has 192 valence electrons. The molecule has 0 radical (unpaired) electrons. The summed E-state index contributed by atoms with van der Waals surface area (Å²) in [7, 11) is 0. The summed E-state index contributed by atoms with van der Waals surface area (Å²) in [6, 6.07) is 1.82. The molecule has 1 N–H and O–H groups in total. The first-order valence-corrected chi connectivity index (χ1v) is 10.7. The fourth-order valence-electron chi connectivity index (χ4n) is 3.88. The number of halogens is 6. The molecule has 1 heterocycles. The lowest BCUT2D eigenvalue weighted by molar-refractivity contribution is -0.376. The minimum Gasteiger partial charge on any atom is -0.444 e. The Morgan fingerprint density at radius 2 is 1.59 bits per heavy atom. The van der Waals surface area contributed by atoms with Gasteiger partial charge in [0.1, 0.15) is 5.60 Å². The van der Waals surface area contributed by atoms with E-state index < -0.39 is 35.2 Å². The lowest BCUT2D eigenvalue weighted by atomic mass is 9.89. The second kappa shape index (κ2) is 9.31. The van der Waals surface area contributed by atoms with Crippen LogP contribution in [0.1, 0.15) is 52.7 Å². The summed E-state index contributed by atoms with van der Waals surface area (Å²) in [5.74, 6) is 0. The highest BCUT2D eigenvalue weighted by atomic mass is 19.4. The third kappa shape index (κ3) is 5.45. The van der Waals surface area contributed by atoms with E-state index in [-0.39, 0.29) is 30.7 Å². The van der Waals surface area contributed by atoms with Crippen molar-refractivity contribution in [1.82, 2.24) is 4.90 Å². The molecule has 1 aromatic carbocycles. The van der Waals surface area contributed by atoms with Gasteiger partial charge in [-0.1, -0.05) is 18.2 Å². The summed E-state index contributed by atoms with van der Waals surface area (Å²) in [6.45, 7) is 10.9. The van der Waals surface area contributed by atoms with E-state index in [0.717, 1.165) is 6.07 Å². The highest BCUT2D eigenvalue weighted by Crippen LogP contribution is 2.50. The molecule has 0 spiro atoms. The Bertz CT molecular complexity index is 907. The van der Waals surface area contributed by atoms with Gasteiger partial charge >= 0.3 is 18.4 Å². The monoisotopic (exact) mass is 496 g/mol. The van der Waals surface area contributed by atoms with Gasteiger partial charge in [0.05, 0.1) is 0 Å². The standard InChI is InChI=1S/C23H30F6N2O3/c1-7-8-16-11-17(21(33,22(24,25)26)23(27,28)29)9-10-18(16)30-12-15(3)31(13-14(30)2)19(32)34-20(4,5)6/h7-11,14-15,33H,12-13H2,1-6H3/b8-7-. The molecule has 34 heavy (non-hydrogen) atoms. The van der Waals surface area contributed by atoms with Crippen LogP contribution in [0.3, 0.4) is 0 Å². The number of allylic oxidation sites excluding steroid dienone is 1. The van der Waals surface area contributed by atoms with Crippen molar-refractivity contribution in [1.29, 1.82) is 0 Å². The quantitative estimate of drug-likeness (QED) is 0.532. The second-order valence-corrected chi connectivity index (χ2v) is 9.46. The summed E-state index contributed by atoms with van der Waals surface area (Å²) in [6.07, 6.45) is -9.59. The lowest BCUT2D eigenvalue weighted by Crippen LogP contribution is -2.59. The predicted molar refractivity (Wildman–Crippen MR) is 116 cm³/mol. The molecule has 2 atom stereocenters. The maximum Gasteiger partial charge on any atom is 0.430 e. The van der Waals surface area contributed by atoms with Gasteiger partial charge in [-0.2, -0.15) is 26.3 Å². The Morgan fingerprint density at radius 3 is 2.06 bits per heavy atom. The van der Waals surface area contributed by atoms with E-state index >= 15 is 0 Å². The number of rotatable bonds is 3. The molecule has 1 saturated heterocycles. The summed E-state index contributed by atoms with van der Waals surface area (Å²) in [5, 5.41) is 9.79. The van der Waals surface area contributed by atoms with Gasteiger partial charge in [0.25, 0.3) is 5.60 Å². The van der Waals surface area contributed by atoms with Gasteiger partial charge in [-0.15, -0.1) is 0 Å². The average molecular weight is 496 g/mol. The third-order valence-electron chi connectivity index (χ3n) is 5.54. The number of carbonyl (C=O) groups is 1. The Labute approximate surface area is 195 Å².